The van der Waals surface area contributed by atoms with Crippen LogP contribution >= 0.6 is 0 Å². The summed E-state index contributed by atoms with van der Waals surface area (Å²) in [6.45, 7) is 6.84. The van der Waals surface area contributed by atoms with Gasteiger partial charge in [0.05, 0.1) is 6.61 Å². The molecule has 2 aliphatic rings. The van der Waals surface area contributed by atoms with Gasteiger partial charge >= 0.3 is 0 Å². The monoisotopic (exact) mass is 386 g/mol. The van der Waals surface area contributed by atoms with Crippen LogP contribution in [0.4, 0.5) is 0 Å². The van der Waals surface area contributed by atoms with E-state index in [0.717, 1.165) is 6.54 Å². The predicted molar refractivity (Wildman–Crippen MR) is 93.2 cm³/mol. The smallest absolute Gasteiger partial charge is 0.248 e. The molecule has 3 rings (SSSR count). The van der Waals surface area contributed by atoms with Crippen LogP contribution < -0.4 is 0 Å². The van der Waals surface area contributed by atoms with Gasteiger partial charge in [0.2, 0.25) is 15.9 Å². The molecule has 1 atom stereocenters. The zero-order valence-corrected chi connectivity index (χ0v) is 16.3. The van der Waals surface area contributed by atoms with E-state index in [-0.39, 0.29) is 23.1 Å². The predicted octanol–water partition coefficient (Wildman–Crippen LogP) is -0.155. The van der Waals surface area contributed by atoms with Crippen LogP contribution in [-0.4, -0.2) is 92.6 Å². The Labute approximate surface area is 153 Å². The lowest BCUT2D eigenvalue weighted by molar-refractivity contribution is -0.142. The van der Waals surface area contributed by atoms with Gasteiger partial charge in [-0.05, 0) is 20.3 Å². The van der Waals surface area contributed by atoms with Crippen molar-refractivity contribution in [2.75, 3.05) is 53.0 Å². The summed E-state index contributed by atoms with van der Waals surface area (Å²) in [5.41, 5.74) is 0.347. The van der Waals surface area contributed by atoms with Gasteiger partial charge in [0, 0.05) is 46.4 Å². The molecule has 26 heavy (non-hydrogen) atoms. The molecule has 0 aromatic carbocycles. The second-order valence-corrected chi connectivity index (χ2v) is 8.61. The van der Waals surface area contributed by atoms with Crippen LogP contribution in [0.2, 0.25) is 0 Å². The summed E-state index contributed by atoms with van der Waals surface area (Å²) in [5, 5.41) is 3.76. The molecule has 2 fully saturated rings. The second kappa shape index (κ2) is 7.63. The van der Waals surface area contributed by atoms with Crippen LogP contribution in [0.5, 0.6) is 0 Å². The van der Waals surface area contributed by atoms with Gasteiger partial charge in [0.25, 0.3) is 0 Å². The maximum Gasteiger partial charge on any atom is 0.248 e. The number of carbonyl (C=O) groups is 1. The third-order valence-electron chi connectivity index (χ3n) is 5.06. The molecule has 1 aromatic heterocycles. The lowest BCUT2D eigenvalue weighted by Gasteiger charge is -2.40. The summed E-state index contributed by atoms with van der Waals surface area (Å²) >= 11 is 0. The first-order valence-electron chi connectivity index (χ1n) is 8.81. The molecule has 9 nitrogen and oxygen atoms in total. The molecule has 146 valence electrons. The van der Waals surface area contributed by atoms with E-state index in [1.165, 1.54) is 4.31 Å². The largest absolute Gasteiger partial charge is 0.383 e. The Bertz CT molecular complexity index is 743. The minimum atomic E-state index is -3.76. The number of nitrogens with zero attached hydrogens (tertiary/aromatic N) is 4. The molecule has 0 spiro atoms. The molecule has 2 saturated heterocycles. The fraction of sp³-hybridized carbons (Fsp3) is 0.750. The molecule has 1 aromatic rings. The fourth-order valence-corrected chi connectivity index (χ4v) is 5.47. The van der Waals surface area contributed by atoms with Gasteiger partial charge in [0.1, 0.15) is 16.6 Å². The first kappa shape index (κ1) is 19.3. The summed E-state index contributed by atoms with van der Waals surface area (Å²) in [6, 6.07) is -0.460. The molecule has 2 aliphatic heterocycles. The van der Waals surface area contributed by atoms with Gasteiger partial charge in [-0.25, -0.2) is 8.42 Å². The molecular weight excluding hydrogens is 360 g/mol. The Balaban J connectivity index is 1.84. The van der Waals surface area contributed by atoms with Crippen molar-refractivity contribution in [1.82, 2.24) is 19.3 Å². The highest BCUT2D eigenvalue weighted by atomic mass is 32.2. The lowest BCUT2D eigenvalue weighted by Crippen LogP contribution is -2.60. The van der Waals surface area contributed by atoms with Gasteiger partial charge in [0.15, 0.2) is 5.76 Å². The van der Waals surface area contributed by atoms with E-state index >= 15 is 0 Å². The van der Waals surface area contributed by atoms with Crippen LogP contribution in [0, 0.1) is 13.8 Å². The van der Waals surface area contributed by atoms with Crippen molar-refractivity contribution in [3.8, 4) is 0 Å². The fourth-order valence-electron chi connectivity index (χ4n) is 3.69. The Morgan fingerprint density at radius 1 is 1.23 bits per heavy atom. The number of hydrogen-bond donors (Lipinski definition) is 0. The molecule has 1 unspecified atom stereocenters. The minimum Gasteiger partial charge on any atom is -0.383 e. The van der Waals surface area contributed by atoms with Crippen LogP contribution in [0.25, 0.3) is 0 Å². The molecule has 0 aliphatic carbocycles. The quantitative estimate of drug-likeness (QED) is 0.694. The number of ether oxygens (including phenoxy) is 1. The Hall–Kier alpha value is -1.49. The van der Waals surface area contributed by atoms with E-state index in [2.05, 4.69) is 10.1 Å². The zero-order chi connectivity index (χ0) is 18.9. The van der Waals surface area contributed by atoms with Crippen molar-refractivity contribution in [3.63, 3.8) is 0 Å². The number of carbonyl (C=O) groups excluding carboxylic acids is 1. The number of fused-ring (bicyclic) bond motifs is 1. The number of rotatable bonds is 5. The van der Waals surface area contributed by atoms with Gasteiger partial charge < -0.3 is 14.2 Å². The SMILES string of the molecule is COCCN1CCN2CCCN(S(=O)(=O)c3c(C)noc3C)CC2C1=O. The van der Waals surface area contributed by atoms with Crippen LogP contribution in [0.15, 0.2) is 9.42 Å². The van der Waals surface area contributed by atoms with Gasteiger partial charge in [-0.3, -0.25) is 9.69 Å². The number of methoxy groups -OCH3 is 1. The van der Waals surface area contributed by atoms with Gasteiger partial charge in [-0.2, -0.15) is 4.31 Å². The van der Waals surface area contributed by atoms with Crippen molar-refractivity contribution in [2.24, 2.45) is 0 Å². The average molecular weight is 386 g/mol. The van der Waals surface area contributed by atoms with E-state index < -0.39 is 16.1 Å². The number of piperazine rings is 1. The summed E-state index contributed by atoms with van der Waals surface area (Å²) in [7, 11) is -2.16. The third kappa shape index (κ3) is 3.51. The molecule has 3 heterocycles. The summed E-state index contributed by atoms with van der Waals surface area (Å²) in [6.07, 6.45) is 0.685. The van der Waals surface area contributed by atoms with Crippen molar-refractivity contribution < 1.29 is 22.5 Å². The molecule has 0 bridgehead atoms. The molecule has 0 saturated carbocycles. The lowest BCUT2D eigenvalue weighted by atomic mass is 10.1. The maximum absolute atomic E-state index is 13.1. The van der Waals surface area contributed by atoms with Crippen LogP contribution in [-0.2, 0) is 19.6 Å². The summed E-state index contributed by atoms with van der Waals surface area (Å²) in [5.74, 6) is 0.245. The number of sulfonamides is 1. The highest BCUT2D eigenvalue weighted by Gasteiger charge is 2.41. The van der Waals surface area contributed by atoms with E-state index in [4.69, 9.17) is 9.26 Å². The minimum absolute atomic E-state index is 0.0332. The topological polar surface area (TPSA) is 96.2 Å². The van der Waals surface area contributed by atoms with Crippen LogP contribution in [0.3, 0.4) is 0 Å². The van der Waals surface area contributed by atoms with Crippen molar-refractivity contribution in [1.29, 1.82) is 0 Å². The summed E-state index contributed by atoms with van der Waals surface area (Å²) in [4.78, 5) is 16.9. The first-order chi connectivity index (χ1) is 12.4. The van der Waals surface area contributed by atoms with Crippen LogP contribution in [0.1, 0.15) is 17.9 Å². The highest BCUT2D eigenvalue weighted by Crippen LogP contribution is 2.26. The van der Waals surface area contributed by atoms with Crippen molar-refractivity contribution in [2.45, 2.75) is 31.2 Å². The molecule has 10 heteroatoms. The van der Waals surface area contributed by atoms with E-state index in [1.807, 2.05) is 0 Å². The van der Waals surface area contributed by atoms with E-state index in [0.29, 0.717) is 44.9 Å². The van der Waals surface area contributed by atoms with Gasteiger partial charge in [-0.1, -0.05) is 5.16 Å². The Morgan fingerprint density at radius 3 is 2.65 bits per heavy atom. The molecule has 0 N–H and O–H groups in total. The number of amides is 1. The van der Waals surface area contributed by atoms with Crippen molar-refractivity contribution in [3.05, 3.63) is 11.5 Å². The Kier molecular flexibility index (Phi) is 5.66. The average Bonchev–Trinajstić information content (AvgIpc) is 2.82. The van der Waals surface area contributed by atoms with E-state index in [1.54, 1.807) is 25.9 Å². The van der Waals surface area contributed by atoms with Crippen molar-refractivity contribution >= 4 is 15.9 Å². The number of hydrogen-bond acceptors (Lipinski definition) is 7. The summed E-state index contributed by atoms with van der Waals surface area (Å²) < 4.78 is 37.8. The standard InChI is InChI=1S/C16H26N4O5S/c1-12-15(13(2)25-17-12)26(22,23)20-6-4-5-18-7-8-19(9-10-24-3)16(21)14(18)11-20/h14H,4-11H2,1-3H3. The Morgan fingerprint density at radius 2 is 2.00 bits per heavy atom. The maximum atomic E-state index is 13.1. The molecule has 1 amide bonds. The first-order valence-corrected chi connectivity index (χ1v) is 10.2. The number of aromatic nitrogens is 1. The second-order valence-electron chi connectivity index (χ2n) is 6.74. The third-order valence-corrected chi connectivity index (χ3v) is 7.17. The normalized spacial score (nSPS) is 23.1. The highest BCUT2D eigenvalue weighted by molar-refractivity contribution is 7.89. The number of aryl methyl sites for hydroxylation is 2. The molecule has 0 radical (unpaired) electrons. The zero-order valence-electron chi connectivity index (χ0n) is 15.5. The van der Waals surface area contributed by atoms with E-state index in [9.17, 15) is 13.2 Å². The molecular formula is C16H26N4O5S. The van der Waals surface area contributed by atoms with Gasteiger partial charge in [-0.15, -0.1) is 0 Å².